The Morgan fingerprint density at radius 2 is 0.800 bits per heavy atom. The zero-order chi connectivity index (χ0) is 18.4. The molecule has 1 unspecified atom stereocenters. The summed E-state index contributed by atoms with van der Waals surface area (Å²) in [5.41, 5.74) is 0. The molecule has 2 nitrogen and oxygen atoms in total. The van der Waals surface area contributed by atoms with Crippen LogP contribution in [0.1, 0.15) is 135 Å². The van der Waals surface area contributed by atoms with Crippen molar-refractivity contribution in [1.82, 2.24) is 0 Å². The fourth-order valence-corrected chi connectivity index (χ4v) is 3.56. The monoisotopic (exact) mass is 356 g/mol. The summed E-state index contributed by atoms with van der Waals surface area (Å²) in [7, 11) is 0. The molecule has 2 heteroatoms. The van der Waals surface area contributed by atoms with Crippen molar-refractivity contribution in [1.29, 1.82) is 0 Å². The summed E-state index contributed by atoms with van der Waals surface area (Å²) in [5, 5.41) is 18.8. The van der Waals surface area contributed by atoms with E-state index >= 15 is 0 Å². The lowest BCUT2D eigenvalue weighted by Gasteiger charge is -2.10. The van der Waals surface area contributed by atoms with Gasteiger partial charge in [0.1, 0.15) is 0 Å². The molecule has 0 saturated heterocycles. The standard InChI is InChI=1S/C23H48O2/c1-2-3-4-5-6-8-11-14-17-20-23(25)21-18-15-12-9-7-10-13-16-19-22-24/h23-25H,2-22H2,1H3. The minimum absolute atomic E-state index is 0.0527. The van der Waals surface area contributed by atoms with Crippen molar-refractivity contribution in [3.8, 4) is 0 Å². The first-order valence-electron chi connectivity index (χ1n) is 11.6. The van der Waals surface area contributed by atoms with Crippen molar-refractivity contribution in [2.24, 2.45) is 0 Å². The van der Waals surface area contributed by atoms with E-state index in [1.54, 1.807) is 0 Å². The van der Waals surface area contributed by atoms with Crippen molar-refractivity contribution >= 4 is 0 Å². The first kappa shape index (κ1) is 24.9. The van der Waals surface area contributed by atoms with Gasteiger partial charge in [-0.15, -0.1) is 0 Å². The van der Waals surface area contributed by atoms with Crippen LogP contribution in [-0.2, 0) is 0 Å². The average molecular weight is 357 g/mol. The first-order valence-corrected chi connectivity index (χ1v) is 11.6. The average Bonchev–Trinajstić information content (AvgIpc) is 2.62. The fraction of sp³-hybridized carbons (Fsp3) is 1.00. The van der Waals surface area contributed by atoms with E-state index in [1.807, 2.05) is 0 Å². The molecule has 0 aliphatic heterocycles. The van der Waals surface area contributed by atoms with Gasteiger partial charge in [0.2, 0.25) is 0 Å². The summed E-state index contributed by atoms with van der Waals surface area (Å²) in [4.78, 5) is 0. The Kier molecular flexibility index (Phi) is 21.9. The third-order valence-electron chi connectivity index (χ3n) is 5.34. The van der Waals surface area contributed by atoms with Gasteiger partial charge in [0.15, 0.2) is 0 Å². The third kappa shape index (κ3) is 21.9. The molecule has 0 amide bonds. The Labute approximate surface area is 158 Å². The van der Waals surface area contributed by atoms with E-state index in [0.717, 1.165) is 19.3 Å². The van der Waals surface area contributed by atoms with Crippen LogP contribution in [-0.4, -0.2) is 22.9 Å². The highest BCUT2D eigenvalue weighted by atomic mass is 16.3. The van der Waals surface area contributed by atoms with Gasteiger partial charge in [-0.2, -0.15) is 0 Å². The number of hydrogen-bond acceptors (Lipinski definition) is 2. The van der Waals surface area contributed by atoms with E-state index < -0.39 is 0 Å². The Morgan fingerprint density at radius 1 is 0.480 bits per heavy atom. The van der Waals surface area contributed by atoms with Gasteiger partial charge in [-0.1, -0.05) is 116 Å². The van der Waals surface area contributed by atoms with Crippen LogP contribution < -0.4 is 0 Å². The highest BCUT2D eigenvalue weighted by molar-refractivity contribution is 4.58. The van der Waals surface area contributed by atoms with Crippen LogP contribution in [0.2, 0.25) is 0 Å². The molecule has 0 bridgehead atoms. The lowest BCUT2D eigenvalue weighted by Crippen LogP contribution is -2.05. The van der Waals surface area contributed by atoms with Crippen LogP contribution in [0.5, 0.6) is 0 Å². The second-order valence-corrected chi connectivity index (χ2v) is 7.97. The van der Waals surface area contributed by atoms with Gasteiger partial charge in [0, 0.05) is 6.61 Å². The molecule has 0 radical (unpaired) electrons. The Hall–Kier alpha value is -0.0800. The lowest BCUT2D eigenvalue weighted by molar-refractivity contribution is 0.147. The number of unbranched alkanes of at least 4 members (excludes halogenated alkanes) is 16. The quantitative estimate of drug-likeness (QED) is 0.214. The molecule has 0 rings (SSSR count). The van der Waals surface area contributed by atoms with Crippen molar-refractivity contribution in [3.05, 3.63) is 0 Å². The predicted octanol–water partition coefficient (Wildman–Crippen LogP) is 7.16. The smallest absolute Gasteiger partial charge is 0.0540 e. The van der Waals surface area contributed by atoms with E-state index in [9.17, 15) is 5.11 Å². The summed E-state index contributed by atoms with van der Waals surface area (Å²) in [5.74, 6) is 0. The zero-order valence-corrected chi connectivity index (χ0v) is 17.3. The topological polar surface area (TPSA) is 40.5 Å². The maximum atomic E-state index is 10.1. The largest absolute Gasteiger partial charge is 0.396 e. The van der Waals surface area contributed by atoms with Crippen molar-refractivity contribution in [2.45, 2.75) is 141 Å². The summed E-state index contributed by atoms with van der Waals surface area (Å²) in [6.45, 7) is 2.62. The molecule has 0 heterocycles. The maximum absolute atomic E-state index is 10.1. The van der Waals surface area contributed by atoms with Crippen LogP contribution >= 0.6 is 0 Å². The molecule has 0 aliphatic carbocycles. The molecular formula is C23H48O2. The zero-order valence-electron chi connectivity index (χ0n) is 17.3. The Balaban J connectivity index is 3.12. The Morgan fingerprint density at radius 3 is 1.16 bits per heavy atom. The molecular weight excluding hydrogens is 308 g/mol. The van der Waals surface area contributed by atoms with Crippen molar-refractivity contribution < 1.29 is 10.2 Å². The molecule has 0 fully saturated rings. The highest BCUT2D eigenvalue weighted by Crippen LogP contribution is 2.15. The second-order valence-electron chi connectivity index (χ2n) is 7.97. The number of aliphatic hydroxyl groups excluding tert-OH is 2. The van der Waals surface area contributed by atoms with E-state index in [1.165, 1.54) is 109 Å². The van der Waals surface area contributed by atoms with E-state index in [-0.39, 0.29) is 6.10 Å². The molecule has 1 atom stereocenters. The van der Waals surface area contributed by atoms with E-state index in [0.29, 0.717) is 6.61 Å². The molecule has 25 heavy (non-hydrogen) atoms. The molecule has 0 saturated carbocycles. The minimum atomic E-state index is -0.0527. The minimum Gasteiger partial charge on any atom is -0.396 e. The van der Waals surface area contributed by atoms with E-state index in [4.69, 9.17) is 5.11 Å². The normalized spacial score (nSPS) is 12.6. The summed E-state index contributed by atoms with van der Waals surface area (Å²) in [6.07, 6.45) is 25.4. The molecule has 0 aromatic carbocycles. The molecule has 0 aliphatic rings. The van der Waals surface area contributed by atoms with Gasteiger partial charge in [0.25, 0.3) is 0 Å². The third-order valence-corrected chi connectivity index (χ3v) is 5.34. The number of rotatable bonds is 21. The van der Waals surface area contributed by atoms with Gasteiger partial charge in [-0.05, 0) is 19.3 Å². The molecule has 0 aromatic heterocycles. The van der Waals surface area contributed by atoms with Crippen molar-refractivity contribution in [3.63, 3.8) is 0 Å². The van der Waals surface area contributed by atoms with Crippen LogP contribution in [0.4, 0.5) is 0 Å². The van der Waals surface area contributed by atoms with Gasteiger partial charge >= 0.3 is 0 Å². The van der Waals surface area contributed by atoms with Crippen LogP contribution in [0.25, 0.3) is 0 Å². The van der Waals surface area contributed by atoms with Crippen molar-refractivity contribution in [2.75, 3.05) is 6.61 Å². The van der Waals surface area contributed by atoms with Crippen LogP contribution in [0.3, 0.4) is 0 Å². The number of aliphatic hydroxyl groups is 2. The molecule has 2 N–H and O–H groups in total. The Bertz CT molecular complexity index is 230. The first-order chi connectivity index (χ1) is 12.3. The molecule has 152 valence electrons. The molecule has 0 aromatic rings. The molecule has 0 spiro atoms. The van der Waals surface area contributed by atoms with Gasteiger partial charge in [0.05, 0.1) is 6.10 Å². The summed E-state index contributed by atoms with van der Waals surface area (Å²) >= 11 is 0. The lowest BCUT2D eigenvalue weighted by atomic mass is 10.0. The van der Waals surface area contributed by atoms with E-state index in [2.05, 4.69) is 6.92 Å². The summed E-state index contributed by atoms with van der Waals surface area (Å²) in [6, 6.07) is 0. The SMILES string of the molecule is CCCCCCCCCCCC(O)CCCCCCCCCCCO. The second kappa shape index (κ2) is 22.0. The van der Waals surface area contributed by atoms with Crippen LogP contribution in [0, 0.1) is 0 Å². The fourth-order valence-electron chi connectivity index (χ4n) is 3.56. The predicted molar refractivity (Wildman–Crippen MR) is 111 cm³/mol. The number of hydrogen-bond donors (Lipinski definition) is 2. The van der Waals surface area contributed by atoms with Gasteiger partial charge in [-0.3, -0.25) is 0 Å². The van der Waals surface area contributed by atoms with Gasteiger partial charge < -0.3 is 10.2 Å². The van der Waals surface area contributed by atoms with Crippen LogP contribution in [0.15, 0.2) is 0 Å². The van der Waals surface area contributed by atoms with Gasteiger partial charge in [-0.25, -0.2) is 0 Å². The maximum Gasteiger partial charge on any atom is 0.0540 e. The highest BCUT2D eigenvalue weighted by Gasteiger charge is 2.03. The summed E-state index contributed by atoms with van der Waals surface area (Å²) < 4.78 is 0.